The molecule has 0 aliphatic heterocycles. The van der Waals surface area contributed by atoms with Gasteiger partial charge in [0, 0.05) is 5.02 Å². The quantitative estimate of drug-likeness (QED) is 0.598. The van der Waals surface area contributed by atoms with Gasteiger partial charge < -0.3 is 4.42 Å². The maximum absolute atomic E-state index is 6.18. The number of aryl methyl sites for hydroxylation is 2. The van der Waals surface area contributed by atoms with E-state index in [-0.39, 0.29) is 0 Å². The highest BCUT2D eigenvalue weighted by atomic mass is 35.5. The SMILES string of the molecule is Cc1cc(C)c2oc(-c3ccc(Cl)cc3Cl)nc2c1. The second kappa shape index (κ2) is 4.55. The van der Waals surface area contributed by atoms with Crippen LogP contribution in [0.4, 0.5) is 0 Å². The molecule has 1 heterocycles. The molecule has 0 saturated carbocycles. The van der Waals surface area contributed by atoms with Crippen LogP contribution in [0.15, 0.2) is 34.7 Å². The second-order valence-electron chi connectivity index (χ2n) is 4.57. The van der Waals surface area contributed by atoms with Crippen molar-refractivity contribution < 1.29 is 4.42 Å². The number of aromatic nitrogens is 1. The molecule has 0 saturated heterocycles. The third-order valence-corrected chi connectivity index (χ3v) is 3.53. The van der Waals surface area contributed by atoms with E-state index in [2.05, 4.69) is 11.1 Å². The number of rotatable bonds is 1. The zero-order valence-electron chi connectivity index (χ0n) is 10.5. The number of hydrogen-bond acceptors (Lipinski definition) is 2. The van der Waals surface area contributed by atoms with Crippen LogP contribution in [-0.2, 0) is 0 Å². The van der Waals surface area contributed by atoms with Crippen molar-refractivity contribution in [1.29, 1.82) is 0 Å². The summed E-state index contributed by atoms with van der Waals surface area (Å²) < 4.78 is 5.82. The molecule has 3 rings (SSSR count). The highest BCUT2D eigenvalue weighted by Crippen LogP contribution is 2.33. The monoisotopic (exact) mass is 291 g/mol. The molecule has 0 fully saturated rings. The Hall–Kier alpha value is -1.51. The smallest absolute Gasteiger partial charge is 0.228 e. The van der Waals surface area contributed by atoms with Crippen LogP contribution in [0.5, 0.6) is 0 Å². The molecule has 0 bridgehead atoms. The Morgan fingerprint density at radius 1 is 1.05 bits per heavy atom. The fraction of sp³-hybridized carbons (Fsp3) is 0.133. The lowest BCUT2D eigenvalue weighted by Gasteiger charge is -1.99. The Balaban J connectivity index is 2.23. The first-order valence-electron chi connectivity index (χ1n) is 5.88. The lowest BCUT2D eigenvalue weighted by Crippen LogP contribution is -1.79. The van der Waals surface area contributed by atoms with Gasteiger partial charge >= 0.3 is 0 Å². The van der Waals surface area contributed by atoms with Crippen molar-refractivity contribution in [3.63, 3.8) is 0 Å². The Labute approximate surface area is 121 Å². The Morgan fingerprint density at radius 2 is 1.84 bits per heavy atom. The van der Waals surface area contributed by atoms with E-state index in [4.69, 9.17) is 27.6 Å². The molecule has 0 amide bonds. The van der Waals surface area contributed by atoms with E-state index in [0.717, 1.165) is 27.8 Å². The minimum atomic E-state index is 0.519. The number of halogens is 2. The lowest BCUT2D eigenvalue weighted by molar-refractivity contribution is 0.617. The standard InChI is InChI=1S/C15H11Cl2NO/c1-8-5-9(2)14-13(6-8)18-15(19-14)11-4-3-10(16)7-12(11)17/h3-7H,1-2H3. The van der Waals surface area contributed by atoms with Crippen LogP contribution in [0.2, 0.25) is 10.0 Å². The van der Waals surface area contributed by atoms with Crippen molar-refractivity contribution in [2.24, 2.45) is 0 Å². The van der Waals surface area contributed by atoms with Crippen LogP contribution < -0.4 is 0 Å². The predicted octanol–water partition coefficient (Wildman–Crippen LogP) is 5.42. The van der Waals surface area contributed by atoms with Crippen LogP contribution in [0.3, 0.4) is 0 Å². The first-order chi connectivity index (χ1) is 9.04. The lowest BCUT2D eigenvalue weighted by atomic mass is 10.1. The van der Waals surface area contributed by atoms with Gasteiger partial charge in [-0.3, -0.25) is 0 Å². The third kappa shape index (κ3) is 2.22. The summed E-state index contributed by atoms with van der Waals surface area (Å²) in [7, 11) is 0. The maximum Gasteiger partial charge on any atom is 0.228 e. The summed E-state index contributed by atoms with van der Waals surface area (Å²) in [5.41, 5.74) is 4.62. The molecule has 0 atom stereocenters. The summed E-state index contributed by atoms with van der Waals surface area (Å²) in [5, 5.41) is 1.13. The van der Waals surface area contributed by atoms with Crippen molar-refractivity contribution in [2.45, 2.75) is 13.8 Å². The van der Waals surface area contributed by atoms with Gasteiger partial charge in [0.15, 0.2) is 5.58 Å². The minimum Gasteiger partial charge on any atom is -0.436 e. The molecule has 0 spiro atoms. The molecule has 0 aliphatic carbocycles. The van der Waals surface area contributed by atoms with Gasteiger partial charge in [0.2, 0.25) is 5.89 Å². The molecule has 2 nitrogen and oxygen atoms in total. The minimum absolute atomic E-state index is 0.519. The fourth-order valence-corrected chi connectivity index (χ4v) is 2.64. The van der Waals surface area contributed by atoms with Gasteiger partial charge in [0.25, 0.3) is 0 Å². The summed E-state index contributed by atoms with van der Waals surface area (Å²) in [6.45, 7) is 4.05. The molecule has 19 heavy (non-hydrogen) atoms. The van der Waals surface area contributed by atoms with Crippen LogP contribution in [0.25, 0.3) is 22.6 Å². The topological polar surface area (TPSA) is 26.0 Å². The van der Waals surface area contributed by atoms with E-state index in [0.29, 0.717) is 15.9 Å². The van der Waals surface area contributed by atoms with Crippen LogP contribution in [0.1, 0.15) is 11.1 Å². The van der Waals surface area contributed by atoms with Gasteiger partial charge in [-0.2, -0.15) is 0 Å². The van der Waals surface area contributed by atoms with E-state index >= 15 is 0 Å². The van der Waals surface area contributed by atoms with Crippen molar-refractivity contribution >= 4 is 34.3 Å². The molecule has 0 N–H and O–H groups in total. The van der Waals surface area contributed by atoms with E-state index < -0.39 is 0 Å². The van der Waals surface area contributed by atoms with E-state index in [9.17, 15) is 0 Å². The van der Waals surface area contributed by atoms with Crippen molar-refractivity contribution in [1.82, 2.24) is 4.98 Å². The molecule has 0 aliphatic rings. The molecule has 2 aromatic carbocycles. The molecule has 0 unspecified atom stereocenters. The molecule has 96 valence electrons. The zero-order chi connectivity index (χ0) is 13.6. The number of fused-ring (bicyclic) bond motifs is 1. The first kappa shape index (κ1) is 12.5. The van der Waals surface area contributed by atoms with Gasteiger partial charge in [-0.25, -0.2) is 4.98 Å². The molecule has 4 heteroatoms. The summed E-state index contributed by atoms with van der Waals surface area (Å²) in [4.78, 5) is 4.50. The summed E-state index contributed by atoms with van der Waals surface area (Å²) >= 11 is 12.1. The average molecular weight is 292 g/mol. The van der Waals surface area contributed by atoms with Crippen LogP contribution in [-0.4, -0.2) is 4.98 Å². The largest absolute Gasteiger partial charge is 0.436 e. The zero-order valence-corrected chi connectivity index (χ0v) is 12.0. The number of benzene rings is 2. The molecular weight excluding hydrogens is 281 g/mol. The molecule has 0 radical (unpaired) electrons. The highest BCUT2D eigenvalue weighted by molar-refractivity contribution is 6.36. The van der Waals surface area contributed by atoms with Gasteiger partial charge in [0.1, 0.15) is 5.52 Å². The second-order valence-corrected chi connectivity index (χ2v) is 5.42. The number of hydrogen-bond donors (Lipinski definition) is 0. The van der Waals surface area contributed by atoms with E-state index in [1.165, 1.54) is 0 Å². The van der Waals surface area contributed by atoms with E-state index in [1.54, 1.807) is 12.1 Å². The van der Waals surface area contributed by atoms with Crippen LogP contribution in [0, 0.1) is 13.8 Å². The van der Waals surface area contributed by atoms with Crippen LogP contribution >= 0.6 is 23.2 Å². The van der Waals surface area contributed by atoms with E-state index in [1.807, 2.05) is 26.0 Å². The van der Waals surface area contributed by atoms with Gasteiger partial charge in [-0.15, -0.1) is 0 Å². The number of oxazole rings is 1. The summed E-state index contributed by atoms with van der Waals surface area (Å²) in [6, 6.07) is 9.35. The third-order valence-electron chi connectivity index (χ3n) is 2.98. The highest BCUT2D eigenvalue weighted by Gasteiger charge is 2.13. The van der Waals surface area contributed by atoms with Crippen molar-refractivity contribution in [3.8, 4) is 11.5 Å². The van der Waals surface area contributed by atoms with Gasteiger partial charge in [0.05, 0.1) is 10.6 Å². The Morgan fingerprint density at radius 3 is 2.58 bits per heavy atom. The summed E-state index contributed by atoms with van der Waals surface area (Å²) in [6.07, 6.45) is 0. The maximum atomic E-state index is 6.18. The fourth-order valence-electron chi connectivity index (χ4n) is 2.15. The molecular formula is C15H11Cl2NO. The Bertz CT molecular complexity index is 777. The number of nitrogens with zero attached hydrogens (tertiary/aromatic N) is 1. The predicted molar refractivity (Wildman–Crippen MR) is 78.9 cm³/mol. The average Bonchev–Trinajstić information content (AvgIpc) is 2.72. The van der Waals surface area contributed by atoms with Gasteiger partial charge in [-0.05, 0) is 49.2 Å². The normalized spacial score (nSPS) is 11.2. The summed E-state index contributed by atoms with van der Waals surface area (Å²) in [5.74, 6) is 0.519. The van der Waals surface area contributed by atoms with Crippen molar-refractivity contribution in [3.05, 3.63) is 51.5 Å². The molecule has 1 aromatic heterocycles. The van der Waals surface area contributed by atoms with Crippen molar-refractivity contribution in [2.75, 3.05) is 0 Å². The molecule has 3 aromatic rings. The van der Waals surface area contributed by atoms with Gasteiger partial charge in [-0.1, -0.05) is 29.3 Å². The Kier molecular flexibility index (Phi) is 3.00. The first-order valence-corrected chi connectivity index (χ1v) is 6.63.